The van der Waals surface area contributed by atoms with Crippen LogP contribution in [-0.4, -0.2) is 5.24 Å². The molecule has 1 saturated carbocycles. The molecule has 1 nitrogen and oxygen atoms in total. The zero-order chi connectivity index (χ0) is 8.65. The average molecular weight is 261 g/mol. The maximum Gasteiger partial charge on any atom is 0.225 e. The molecule has 1 rings (SSSR count). The molecule has 1 radical (unpaired) electrons. The van der Waals surface area contributed by atoms with E-state index in [4.69, 9.17) is 11.6 Å². The minimum absolute atomic E-state index is 0. The fourth-order valence-corrected chi connectivity index (χ4v) is 2.02. The molecule has 2 atom stereocenters. The molecule has 3 heteroatoms. The Kier molecular flexibility index (Phi) is 4.64. The number of carbonyl (C=O) groups excluding carboxylic acids is 1. The molecule has 0 unspecified atom stereocenters. The van der Waals surface area contributed by atoms with E-state index in [0.29, 0.717) is 5.92 Å². The smallest absolute Gasteiger partial charge is 0.225 e. The monoisotopic (exact) mass is 260 g/mol. The van der Waals surface area contributed by atoms with Crippen molar-refractivity contribution in [2.24, 2.45) is 17.3 Å². The fourth-order valence-electron chi connectivity index (χ4n) is 1.60. The summed E-state index contributed by atoms with van der Waals surface area (Å²) in [5.74, 6) is 0.314. The number of allylic oxidation sites excluding steroid dienone is 2. The topological polar surface area (TPSA) is 17.1 Å². The van der Waals surface area contributed by atoms with Crippen LogP contribution in [0.15, 0.2) is 6.08 Å². The van der Waals surface area contributed by atoms with Crippen molar-refractivity contribution >= 4 is 16.8 Å². The molecule has 1 aliphatic rings. The van der Waals surface area contributed by atoms with E-state index in [9.17, 15) is 4.79 Å². The van der Waals surface area contributed by atoms with Crippen LogP contribution in [0.5, 0.6) is 0 Å². The Labute approximate surface area is 104 Å². The molecule has 1 aliphatic carbocycles. The van der Waals surface area contributed by atoms with E-state index in [-0.39, 0.29) is 49.3 Å². The van der Waals surface area contributed by atoms with Crippen LogP contribution in [0.2, 0.25) is 0 Å². The third-order valence-electron chi connectivity index (χ3n) is 2.50. The van der Waals surface area contributed by atoms with Crippen LogP contribution in [-0.2, 0) is 37.5 Å². The molecule has 0 aromatic rings. The predicted molar refractivity (Wildman–Crippen MR) is 45.1 cm³/mol. The van der Waals surface area contributed by atoms with Gasteiger partial charge < -0.3 is 6.08 Å². The van der Waals surface area contributed by atoms with Gasteiger partial charge in [-0.1, -0.05) is 13.8 Å². The molecule has 0 saturated heterocycles. The van der Waals surface area contributed by atoms with Crippen molar-refractivity contribution in [3.63, 3.8) is 0 Å². The van der Waals surface area contributed by atoms with E-state index in [1.165, 1.54) is 0 Å². The second kappa shape index (κ2) is 4.35. The van der Waals surface area contributed by atoms with E-state index in [0.717, 1.165) is 0 Å². The molecular weight excluding hydrogens is 248 g/mol. The second-order valence-corrected chi connectivity index (χ2v) is 3.96. The van der Waals surface area contributed by atoms with Gasteiger partial charge in [0.15, 0.2) is 0 Å². The first-order valence-corrected chi connectivity index (χ1v) is 4.09. The van der Waals surface area contributed by atoms with Crippen molar-refractivity contribution < 1.29 is 37.5 Å². The summed E-state index contributed by atoms with van der Waals surface area (Å²) in [6, 6.07) is 0. The molecule has 0 aliphatic heterocycles. The quantitative estimate of drug-likeness (QED) is 0.550. The summed E-state index contributed by atoms with van der Waals surface area (Å²) in [6.07, 6.45) is 4.87. The van der Waals surface area contributed by atoms with Crippen LogP contribution in [0.3, 0.4) is 0 Å². The molecule has 65 valence electrons. The molecule has 0 amide bonds. The third-order valence-corrected chi connectivity index (χ3v) is 2.74. The van der Waals surface area contributed by atoms with Gasteiger partial charge >= 0.3 is 0 Å². The zero-order valence-electron chi connectivity index (χ0n) is 7.60. The maximum atomic E-state index is 10.8. The van der Waals surface area contributed by atoms with Crippen molar-refractivity contribution in [1.82, 2.24) is 0 Å². The maximum absolute atomic E-state index is 10.8. The van der Waals surface area contributed by atoms with Gasteiger partial charge in [-0.05, 0) is 22.9 Å². The normalized spacial score (nSPS) is 31.3. The molecule has 0 spiro atoms. The molecule has 0 aromatic carbocycles. The zero-order valence-corrected chi connectivity index (χ0v) is 11.2. The minimum atomic E-state index is -0.216. The van der Waals surface area contributed by atoms with Crippen molar-refractivity contribution in [2.45, 2.75) is 20.8 Å². The minimum Gasteiger partial charge on any atom is -0.503 e. The molecule has 12 heavy (non-hydrogen) atoms. The first kappa shape index (κ1) is 12.8. The summed E-state index contributed by atoms with van der Waals surface area (Å²) >= 11 is 5.40. The van der Waals surface area contributed by atoms with Crippen molar-refractivity contribution in [3.05, 3.63) is 12.2 Å². The van der Waals surface area contributed by atoms with Gasteiger partial charge in [-0.25, -0.2) is 0 Å². The molecule has 0 heterocycles. The van der Waals surface area contributed by atoms with Gasteiger partial charge in [0, 0.05) is 38.6 Å². The summed E-state index contributed by atoms with van der Waals surface area (Å²) in [6.45, 7) is 5.94. The van der Waals surface area contributed by atoms with Gasteiger partial charge in [-0.15, -0.1) is 0 Å². The van der Waals surface area contributed by atoms with Crippen LogP contribution in [0.4, 0.5) is 0 Å². The Morgan fingerprint density at radius 1 is 1.58 bits per heavy atom. The summed E-state index contributed by atoms with van der Waals surface area (Å²) in [4.78, 5) is 10.8. The van der Waals surface area contributed by atoms with Crippen molar-refractivity contribution in [1.29, 1.82) is 0 Å². The second-order valence-electron chi connectivity index (χ2n) is 3.58. The van der Waals surface area contributed by atoms with E-state index in [1.807, 2.05) is 13.0 Å². The molecule has 0 N–H and O–H groups in total. The van der Waals surface area contributed by atoms with Crippen LogP contribution < -0.4 is 0 Å². The van der Waals surface area contributed by atoms with Crippen LogP contribution in [0.25, 0.3) is 0 Å². The Morgan fingerprint density at radius 3 is 2.33 bits per heavy atom. The van der Waals surface area contributed by atoms with Gasteiger partial charge in [0.05, 0.1) is 0 Å². The van der Waals surface area contributed by atoms with E-state index < -0.39 is 0 Å². The van der Waals surface area contributed by atoms with Crippen LogP contribution in [0, 0.1) is 23.3 Å². The predicted octanol–water partition coefficient (Wildman–Crippen LogP) is 2.40. The SMILES string of the molecule is C[C-]=C[C@H]1[C@@H](C(=O)Cl)C1(C)C.[Y]. The summed E-state index contributed by atoms with van der Waals surface area (Å²) in [5, 5.41) is -0.216. The number of rotatable bonds is 2. The van der Waals surface area contributed by atoms with Crippen LogP contribution >= 0.6 is 11.6 Å². The Morgan fingerprint density at radius 2 is 2.08 bits per heavy atom. The number of carbonyl (C=O) groups is 1. The fraction of sp³-hybridized carbons (Fsp3) is 0.667. The number of hydrogen-bond acceptors (Lipinski definition) is 1. The molecule has 1 fully saturated rings. The molecular formula is C9H12ClOY-. The largest absolute Gasteiger partial charge is 0.503 e. The van der Waals surface area contributed by atoms with Gasteiger partial charge in [0.2, 0.25) is 5.24 Å². The summed E-state index contributed by atoms with van der Waals surface area (Å²) < 4.78 is 0. The number of hydrogen-bond donors (Lipinski definition) is 0. The van der Waals surface area contributed by atoms with Gasteiger partial charge in [-0.2, -0.15) is 6.92 Å². The summed E-state index contributed by atoms with van der Waals surface area (Å²) in [7, 11) is 0. The Bertz CT molecular complexity index is 211. The van der Waals surface area contributed by atoms with Gasteiger partial charge in [0.1, 0.15) is 0 Å². The first-order chi connectivity index (χ1) is 5.01. The van der Waals surface area contributed by atoms with E-state index >= 15 is 0 Å². The number of halogens is 1. The first-order valence-electron chi connectivity index (χ1n) is 3.71. The standard InChI is InChI=1S/C9H12ClO.Y/c1-4-5-6-7(8(10)11)9(6,2)3;/h5-7H,1-3H3;/q-1;/t6-,7-;/m0./s1. The van der Waals surface area contributed by atoms with Gasteiger partial charge in [0.25, 0.3) is 0 Å². The molecule has 0 aromatic heterocycles. The third kappa shape index (κ3) is 2.18. The van der Waals surface area contributed by atoms with Crippen molar-refractivity contribution in [2.75, 3.05) is 0 Å². The van der Waals surface area contributed by atoms with E-state index in [2.05, 4.69) is 19.9 Å². The van der Waals surface area contributed by atoms with Gasteiger partial charge in [-0.3, -0.25) is 10.9 Å². The summed E-state index contributed by atoms with van der Waals surface area (Å²) in [5.41, 5.74) is 0.0574. The van der Waals surface area contributed by atoms with E-state index in [1.54, 1.807) is 0 Å². The van der Waals surface area contributed by atoms with Crippen LogP contribution in [0.1, 0.15) is 20.8 Å². The Balaban J connectivity index is 0.00000121. The average Bonchev–Trinajstić information content (AvgIpc) is 2.35. The molecule has 0 bridgehead atoms. The van der Waals surface area contributed by atoms with Crippen molar-refractivity contribution in [3.8, 4) is 0 Å². The Hall–Kier alpha value is 0.804.